The van der Waals surface area contributed by atoms with E-state index < -0.39 is 0 Å². The summed E-state index contributed by atoms with van der Waals surface area (Å²) < 4.78 is 16.1. The summed E-state index contributed by atoms with van der Waals surface area (Å²) in [7, 11) is 3.41. The van der Waals surface area contributed by atoms with Crippen molar-refractivity contribution in [3.8, 4) is 0 Å². The second-order valence-electron chi connectivity index (χ2n) is 3.43. The molecule has 4 atom stereocenters. The van der Waals surface area contributed by atoms with E-state index in [4.69, 9.17) is 14.2 Å². The van der Waals surface area contributed by atoms with Crippen LogP contribution in [0, 0.1) is 5.92 Å². The highest BCUT2D eigenvalue weighted by Crippen LogP contribution is 2.26. The third kappa shape index (κ3) is 1.97. The Morgan fingerprint density at radius 2 is 1.83 bits per heavy atom. The zero-order chi connectivity index (χ0) is 9.14. The molecule has 1 saturated heterocycles. The smallest absolute Gasteiger partial charge is 0.160 e. The maximum Gasteiger partial charge on any atom is 0.160 e. The molecule has 12 heavy (non-hydrogen) atoms. The van der Waals surface area contributed by atoms with Crippen LogP contribution in [0.2, 0.25) is 0 Å². The second-order valence-corrected chi connectivity index (χ2v) is 3.43. The molecule has 4 unspecified atom stereocenters. The molecule has 0 amide bonds. The van der Waals surface area contributed by atoms with E-state index in [9.17, 15) is 0 Å². The predicted molar refractivity (Wildman–Crippen MR) is 45.9 cm³/mol. The fourth-order valence-corrected chi connectivity index (χ4v) is 1.68. The predicted octanol–water partition coefficient (Wildman–Crippen LogP) is 1.42. The van der Waals surface area contributed by atoms with E-state index in [2.05, 4.69) is 6.92 Å². The van der Waals surface area contributed by atoms with Crippen LogP contribution in [-0.2, 0) is 14.2 Å². The van der Waals surface area contributed by atoms with Gasteiger partial charge in [-0.15, -0.1) is 0 Å². The van der Waals surface area contributed by atoms with Gasteiger partial charge in [0.15, 0.2) is 6.29 Å². The minimum absolute atomic E-state index is 0.0635. The summed E-state index contributed by atoms with van der Waals surface area (Å²) in [6.07, 6.45) is 1.30. The van der Waals surface area contributed by atoms with E-state index in [0.29, 0.717) is 5.92 Å². The highest BCUT2D eigenvalue weighted by Gasteiger charge is 2.33. The zero-order valence-corrected chi connectivity index (χ0v) is 8.24. The topological polar surface area (TPSA) is 27.7 Å². The van der Waals surface area contributed by atoms with E-state index in [1.54, 1.807) is 14.2 Å². The van der Waals surface area contributed by atoms with E-state index in [-0.39, 0.29) is 18.5 Å². The molecule has 1 heterocycles. The van der Waals surface area contributed by atoms with Gasteiger partial charge in [-0.1, -0.05) is 6.92 Å². The van der Waals surface area contributed by atoms with Crippen LogP contribution in [0.15, 0.2) is 0 Å². The molecular formula is C9H18O3. The molecule has 72 valence electrons. The van der Waals surface area contributed by atoms with Gasteiger partial charge in [0, 0.05) is 20.1 Å². The van der Waals surface area contributed by atoms with E-state index >= 15 is 0 Å². The van der Waals surface area contributed by atoms with Crippen molar-refractivity contribution in [2.75, 3.05) is 14.2 Å². The van der Waals surface area contributed by atoms with Gasteiger partial charge in [-0.25, -0.2) is 0 Å². The lowest BCUT2D eigenvalue weighted by atomic mass is 9.96. The third-order valence-corrected chi connectivity index (χ3v) is 2.48. The Kier molecular flexibility index (Phi) is 3.50. The van der Waals surface area contributed by atoms with Crippen molar-refractivity contribution in [3.05, 3.63) is 0 Å². The summed E-state index contributed by atoms with van der Waals surface area (Å²) in [4.78, 5) is 0. The first kappa shape index (κ1) is 9.96. The fourth-order valence-electron chi connectivity index (χ4n) is 1.68. The van der Waals surface area contributed by atoms with Crippen molar-refractivity contribution in [2.24, 2.45) is 5.92 Å². The molecule has 0 radical (unpaired) electrons. The van der Waals surface area contributed by atoms with Crippen molar-refractivity contribution >= 4 is 0 Å². The van der Waals surface area contributed by atoms with Gasteiger partial charge >= 0.3 is 0 Å². The van der Waals surface area contributed by atoms with Crippen molar-refractivity contribution in [3.63, 3.8) is 0 Å². The van der Waals surface area contributed by atoms with E-state index in [1.807, 2.05) is 6.92 Å². The number of hydrogen-bond acceptors (Lipinski definition) is 3. The molecule has 0 aromatic heterocycles. The summed E-state index contributed by atoms with van der Waals surface area (Å²) >= 11 is 0. The van der Waals surface area contributed by atoms with Crippen LogP contribution in [0.4, 0.5) is 0 Å². The van der Waals surface area contributed by atoms with Crippen molar-refractivity contribution in [1.82, 2.24) is 0 Å². The van der Waals surface area contributed by atoms with E-state index in [0.717, 1.165) is 6.42 Å². The van der Waals surface area contributed by atoms with Gasteiger partial charge in [0.2, 0.25) is 0 Å². The molecule has 0 saturated carbocycles. The molecule has 0 spiro atoms. The Balaban J connectivity index is 2.49. The van der Waals surface area contributed by atoms with Crippen LogP contribution >= 0.6 is 0 Å². The monoisotopic (exact) mass is 174 g/mol. The molecule has 3 heteroatoms. The highest BCUT2D eigenvalue weighted by molar-refractivity contribution is 4.77. The quantitative estimate of drug-likeness (QED) is 0.633. The van der Waals surface area contributed by atoms with Crippen LogP contribution in [0.25, 0.3) is 0 Å². The third-order valence-electron chi connectivity index (χ3n) is 2.48. The van der Waals surface area contributed by atoms with Gasteiger partial charge in [0.25, 0.3) is 0 Å². The molecule has 0 aromatic carbocycles. The van der Waals surface area contributed by atoms with Gasteiger partial charge in [0.05, 0.1) is 12.2 Å². The molecule has 0 N–H and O–H groups in total. The van der Waals surface area contributed by atoms with Crippen molar-refractivity contribution in [1.29, 1.82) is 0 Å². The molecule has 1 fully saturated rings. The summed E-state index contributed by atoms with van der Waals surface area (Å²) in [5, 5.41) is 0. The van der Waals surface area contributed by atoms with E-state index in [1.165, 1.54) is 0 Å². The molecule has 0 aromatic rings. The average Bonchev–Trinajstić information content (AvgIpc) is 2.08. The molecular weight excluding hydrogens is 156 g/mol. The molecule has 1 aliphatic heterocycles. The second kappa shape index (κ2) is 4.21. The molecule has 1 aliphatic rings. The largest absolute Gasteiger partial charge is 0.379 e. The van der Waals surface area contributed by atoms with Gasteiger partial charge in [-0.2, -0.15) is 0 Å². The summed E-state index contributed by atoms with van der Waals surface area (Å²) in [5.74, 6) is 0.413. The Labute approximate surface area is 74.0 Å². The first-order valence-corrected chi connectivity index (χ1v) is 4.40. The first-order chi connectivity index (χ1) is 5.69. The Hall–Kier alpha value is -0.120. The molecule has 3 nitrogen and oxygen atoms in total. The number of rotatable bonds is 2. The Bertz CT molecular complexity index is 122. The number of methoxy groups -OCH3 is 2. The lowest BCUT2D eigenvalue weighted by Gasteiger charge is -2.37. The first-order valence-electron chi connectivity index (χ1n) is 4.40. The van der Waals surface area contributed by atoms with Crippen molar-refractivity contribution < 1.29 is 14.2 Å². The maximum absolute atomic E-state index is 5.60. The molecule has 0 bridgehead atoms. The Morgan fingerprint density at radius 1 is 1.17 bits per heavy atom. The maximum atomic E-state index is 5.60. The lowest BCUT2D eigenvalue weighted by Crippen LogP contribution is -2.43. The SMILES string of the molecule is COC1CC(C)C(OC)OC1C. The number of ether oxygens (including phenoxy) is 3. The summed E-state index contributed by atoms with van der Waals surface area (Å²) in [5.41, 5.74) is 0. The van der Waals surface area contributed by atoms with Crippen LogP contribution < -0.4 is 0 Å². The van der Waals surface area contributed by atoms with Crippen LogP contribution in [-0.4, -0.2) is 32.7 Å². The molecule has 1 rings (SSSR count). The van der Waals surface area contributed by atoms with Crippen LogP contribution in [0.5, 0.6) is 0 Å². The average molecular weight is 174 g/mol. The minimum atomic E-state index is -0.0635. The fraction of sp³-hybridized carbons (Fsp3) is 1.00. The van der Waals surface area contributed by atoms with Crippen LogP contribution in [0.1, 0.15) is 20.3 Å². The number of hydrogen-bond donors (Lipinski definition) is 0. The lowest BCUT2D eigenvalue weighted by molar-refractivity contribution is -0.234. The van der Waals surface area contributed by atoms with Gasteiger partial charge < -0.3 is 14.2 Å². The Morgan fingerprint density at radius 3 is 2.33 bits per heavy atom. The van der Waals surface area contributed by atoms with Gasteiger partial charge in [0.1, 0.15) is 0 Å². The van der Waals surface area contributed by atoms with Gasteiger partial charge in [-0.3, -0.25) is 0 Å². The van der Waals surface area contributed by atoms with Gasteiger partial charge in [-0.05, 0) is 13.3 Å². The summed E-state index contributed by atoms with van der Waals surface area (Å²) in [6, 6.07) is 0. The standard InChI is InChI=1S/C9H18O3/c1-6-5-8(10-3)7(2)12-9(6)11-4/h6-9H,5H2,1-4H3. The summed E-state index contributed by atoms with van der Waals surface area (Å²) in [6.45, 7) is 4.14. The normalized spacial score (nSPS) is 43.0. The minimum Gasteiger partial charge on any atom is -0.379 e. The van der Waals surface area contributed by atoms with Crippen molar-refractivity contribution in [2.45, 2.75) is 38.8 Å². The zero-order valence-electron chi connectivity index (χ0n) is 8.24. The highest BCUT2D eigenvalue weighted by atomic mass is 16.7. The van der Waals surface area contributed by atoms with Crippen LogP contribution in [0.3, 0.4) is 0 Å². The molecule has 0 aliphatic carbocycles.